The molecule has 1 atom stereocenters. The summed E-state index contributed by atoms with van der Waals surface area (Å²) in [6.07, 6.45) is 3.82. The Morgan fingerprint density at radius 2 is 1.97 bits per heavy atom. The number of fused-ring (bicyclic) bond motifs is 2. The number of rotatable bonds is 6. The Bertz CT molecular complexity index is 1070. The van der Waals surface area contributed by atoms with E-state index in [1.807, 2.05) is 30.5 Å². The first-order valence-electron chi connectivity index (χ1n) is 11.3. The first-order valence-corrected chi connectivity index (χ1v) is 11.3. The number of aliphatic hydroxyl groups excluding tert-OH is 1. The molecule has 0 saturated carbocycles. The third-order valence-corrected chi connectivity index (χ3v) is 6.27. The van der Waals surface area contributed by atoms with Crippen molar-refractivity contribution in [3.8, 4) is 11.3 Å². The molecule has 0 radical (unpaired) electrons. The maximum atomic E-state index is 10.7. The van der Waals surface area contributed by atoms with Gasteiger partial charge in [-0.2, -0.15) is 9.61 Å². The minimum Gasteiger partial charge on any atom is -0.466 e. The third kappa shape index (κ3) is 4.20. The van der Waals surface area contributed by atoms with Crippen molar-refractivity contribution in [1.29, 1.82) is 0 Å². The highest BCUT2D eigenvalue weighted by molar-refractivity contribution is 5.68. The lowest BCUT2D eigenvalue weighted by atomic mass is 9.96. The lowest BCUT2D eigenvalue weighted by molar-refractivity contribution is 0.0171. The van der Waals surface area contributed by atoms with Crippen LogP contribution in [0.4, 0.5) is 5.82 Å². The summed E-state index contributed by atoms with van der Waals surface area (Å²) < 4.78 is 13.0. The number of anilines is 1. The SMILES string of the molecule is Cc1cc(-c2cc3nc4c(c(NC[C@@H](O)CN5CCOCC5)n3n2)CCCC4)c(C)o1. The summed E-state index contributed by atoms with van der Waals surface area (Å²) in [4.78, 5) is 7.18. The fourth-order valence-electron chi connectivity index (χ4n) is 4.71. The molecule has 0 amide bonds. The lowest BCUT2D eigenvalue weighted by Crippen LogP contribution is -2.42. The quantitative estimate of drug-likeness (QED) is 0.628. The smallest absolute Gasteiger partial charge is 0.158 e. The summed E-state index contributed by atoms with van der Waals surface area (Å²) in [7, 11) is 0. The summed E-state index contributed by atoms with van der Waals surface area (Å²) >= 11 is 0. The molecule has 3 aromatic rings. The minimum absolute atomic E-state index is 0.464. The molecule has 1 aliphatic carbocycles. The van der Waals surface area contributed by atoms with Crippen LogP contribution in [-0.4, -0.2) is 70.1 Å². The highest BCUT2D eigenvalue weighted by atomic mass is 16.5. The second-order valence-electron chi connectivity index (χ2n) is 8.67. The molecular weight excluding hydrogens is 394 g/mol. The van der Waals surface area contributed by atoms with Gasteiger partial charge in [0, 0.05) is 49.1 Å². The Morgan fingerprint density at radius 1 is 1.16 bits per heavy atom. The predicted octanol–water partition coefficient (Wildman–Crippen LogP) is 2.59. The molecular formula is C23H31N5O3. The van der Waals surface area contributed by atoms with Crippen LogP contribution in [0.15, 0.2) is 16.5 Å². The van der Waals surface area contributed by atoms with Gasteiger partial charge in [-0.1, -0.05) is 0 Å². The number of morpholine rings is 1. The Labute approximate surface area is 182 Å². The number of ether oxygens (including phenoxy) is 1. The summed E-state index contributed by atoms with van der Waals surface area (Å²) in [5, 5.41) is 19.1. The van der Waals surface area contributed by atoms with Gasteiger partial charge in [0.05, 0.1) is 25.0 Å². The van der Waals surface area contributed by atoms with E-state index in [1.165, 1.54) is 5.56 Å². The fourth-order valence-corrected chi connectivity index (χ4v) is 4.71. The maximum Gasteiger partial charge on any atom is 0.158 e. The van der Waals surface area contributed by atoms with Crippen molar-refractivity contribution in [3.63, 3.8) is 0 Å². The zero-order valence-electron chi connectivity index (χ0n) is 18.4. The Kier molecular flexibility index (Phi) is 5.69. The monoisotopic (exact) mass is 425 g/mol. The van der Waals surface area contributed by atoms with E-state index in [4.69, 9.17) is 19.2 Å². The minimum atomic E-state index is -0.464. The lowest BCUT2D eigenvalue weighted by Gasteiger charge is -2.29. The first kappa shape index (κ1) is 20.5. The Morgan fingerprint density at radius 3 is 2.74 bits per heavy atom. The van der Waals surface area contributed by atoms with E-state index < -0.39 is 6.10 Å². The molecule has 1 saturated heterocycles. The van der Waals surface area contributed by atoms with Crippen LogP contribution in [0, 0.1) is 13.8 Å². The van der Waals surface area contributed by atoms with E-state index in [0.717, 1.165) is 91.9 Å². The van der Waals surface area contributed by atoms with Crippen LogP contribution in [0.2, 0.25) is 0 Å². The van der Waals surface area contributed by atoms with Gasteiger partial charge in [0.25, 0.3) is 0 Å². The van der Waals surface area contributed by atoms with Crippen LogP contribution >= 0.6 is 0 Å². The second kappa shape index (κ2) is 8.61. The number of nitrogens with one attached hydrogen (secondary N) is 1. The van der Waals surface area contributed by atoms with Crippen LogP contribution in [0.3, 0.4) is 0 Å². The van der Waals surface area contributed by atoms with E-state index in [9.17, 15) is 5.11 Å². The molecule has 166 valence electrons. The topological polar surface area (TPSA) is 88.1 Å². The summed E-state index contributed by atoms with van der Waals surface area (Å²) in [6, 6.07) is 4.05. The van der Waals surface area contributed by atoms with Crippen molar-refractivity contribution in [2.45, 2.75) is 45.6 Å². The van der Waals surface area contributed by atoms with Gasteiger partial charge in [-0.05, 0) is 45.6 Å². The molecule has 3 aromatic heterocycles. The van der Waals surface area contributed by atoms with Crippen LogP contribution < -0.4 is 5.32 Å². The van der Waals surface area contributed by atoms with E-state index in [0.29, 0.717) is 13.1 Å². The number of β-amino-alcohol motifs (C(OH)–C–C–N with tert-alkyl or cyclic N) is 1. The number of aryl methyl sites for hydroxylation is 3. The molecule has 8 heteroatoms. The normalized spacial score (nSPS) is 18.3. The van der Waals surface area contributed by atoms with Crippen molar-refractivity contribution >= 4 is 11.5 Å². The summed E-state index contributed by atoms with van der Waals surface area (Å²) in [5.41, 5.74) is 5.07. The predicted molar refractivity (Wildman–Crippen MR) is 119 cm³/mol. The molecule has 0 unspecified atom stereocenters. The average Bonchev–Trinajstić information content (AvgIpc) is 3.33. The molecule has 8 nitrogen and oxygen atoms in total. The van der Waals surface area contributed by atoms with Gasteiger partial charge in [0.1, 0.15) is 17.3 Å². The fraction of sp³-hybridized carbons (Fsp3) is 0.565. The maximum absolute atomic E-state index is 10.7. The highest BCUT2D eigenvalue weighted by Crippen LogP contribution is 2.31. The average molecular weight is 426 g/mol. The molecule has 2 aliphatic rings. The van der Waals surface area contributed by atoms with Crippen LogP contribution in [0.1, 0.15) is 35.6 Å². The van der Waals surface area contributed by atoms with E-state index in [2.05, 4.69) is 10.2 Å². The number of hydrogen-bond acceptors (Lipinski definition) is 7. The van der Waals surface area contributed by atoms with Gasteiger partial charge >= 0.3 is 0 Å². The number of hydrogen-bond donors (Lipinski definition) is 2. The molecule has 1 aliphatic heterocycles. The van der Waals surface area contributed by atoms with Crippen molar-refractivity contribution in [2.24, 2.45) is 0 Å². The zero-order valence-corrected chi connectivity index (χ0v) is 18.4. The molecule has 0 bridgehead atoms. The van der Waals surface area contributed by atoms with E-state index >= 15 is 0 Å². The second-order valence-corrected chi connectivity index (χ2v) is 8.67. The third-order valence-electron chi connectivity index (χ3n) is 6.27. The van der Waals surface area contributed by atoms with Gasteiger partial charge in [0.2, 0.25) is 0 Å². The Balaban J connectivity index is 1.44. The molecule has 0 aromatic carbocycles. The molecule has 4 heterocycles. The van der Waals surface area contributed by atoms with Gasteiger partial charge in [0.15, 0.2) is 5.65 Å². The molecule has 5 rings (SSSR count). The Hall–Kier alpha value is -2.42. The number of nitrogens with zero attached hydrogens (tertiary/aromatic N) is 4. The van der Waals surface area contributed by atoms with Gasteiger partial charge < -0.3 is 19.6 Å². The van der Waals surface area contributed by atoms with Gasteiger partial charge in [-0.3, -0.25) is 4.90 Å². The number of aliphatic hydroxyl groups is 1. The van der Waals surface area contributed by atoms with Crippen LogP contribution in [0.5, 0.6) is 0 Å². The summed E-state index contributed by atoms with van der Waals surface area (Å²) in [5.74, 6) is 2.70. The molecule has 1 fully saturated rings. The van der Waals surface area contributed by atoms with E-state index in [-0.39, 0.29) is 0 Å². The highest BCUT2D eigenvalue weighted by Gasteiger charge is 2.22. The first-order chi connectivity index (χ1) is 15.1. The van der Waals surface area contributed by atoms with Crippen molar-refractivity contribution < 1.29 is 14.3 Å². The van der Waals surface area contributed by atoms with Gasteiger partial charge in [-0.25, -0.2) is 4.98 Å². The number of furan rings is 1. The van der Waals surface area contributed by atoms with Crippen molar-refractivity contribution in [3.05, 3.63) is 34.9 Å². The van der Waals surface area contributed by atoms with Crippen LogP contribution in [-0.2, 0) is 17.6 Å². The standard InChI is InChI=1S/C23H31N5O3/c1-15-11-19(16(2)31-15)21-12-22-25-20-6-4-3-5-18(20)23(28(22)26-21)24-13-17(29)14-27-7-9-30-10-8-27/h11-12,17,24,29H,3-10,13-14H2,1-2H3/t17-/m1/s1. The largest absolute Gasteiger partial charge is 0.466 e. The van der Waals surface area contributed by atoms with Crippen molar-refractivity contribution in [2.75, 3.05) is 44.7 Å². The zero-order chi connectivity index (χ0) is 21.4. The van der Waals surface area contributed by atoms with E-state index in [1.54, 1.807) is 0 Å². The number of aromatic nitrogens is 3. The van der Waals surface area contributed by atoms with Crippen LogP contribution in [0.25, 0.3) is 16.9 Å². The molecule has 31 heavy (non-hydrogen) atoms. The van der Waals surface area contributed by atoms with Gasteiger partial charge in [-0.15, -0.1) is 0 Å². The van der Waals surface area contributed by atoms with Crippen molar-refractivity contribution in [1.82, 2.24) is 19.5 Å². The summed E-state index contributed by atoms with van der Waals surface area (Å²) in [6.45, 7) is 8.25. The molecule has 0 spiro atoms. The molecule has 2 N–H and O–H groups in total.